The van der Waals surface area contributed by atoms with Gasteiger partial charge in [0.05, 0.1) is 6.54 Å². The molecule has 2 aromatic carbocycles. The summed E-state index contributed by atoms with van der Waals surface area (Å²) in [7, 11) is 0. The number of carboxylic acids is 1. The van der Waals surface area contributed by atoms with Gasteiger partial charge in [0.2, 0.25) is 0 Å². The van der Waals surface area contributed by atoms with Crippen LogP contribution in [0.5, 0.6) is 5.75 Å². The van der Waals surface area contributed by atoms with Crippen molar-refractivity contribution in [3.05, 3.63) is 72.3 Å². The number of hydrogen-bond acceptors (Lipinski definition) is 6. The number of aliphatic carboxylic acids is 1. The number of benzene rings is 2. The molecular formula is C23H21N5O5. The third-order valence-electron chi connectivity index (χ3n) is 4.76. The molecule has 168 valence electrons. The largest absolute Gasteiger partial charge is 0.488 e. The van der Waals surface area contributed by atoms with Crippen LogP contribution < -0.4 is 25.6 Å². The van der Waals surface area contributed by atoms with Crippen molar-refractivity contribution in [3.8, 4) is 5.75 Å². The second-order valence-electron chi connectivity index (χ2n) is 7.09. The van der Waals surface area contributed by atoms with Crippen LogP contribution in [-0.4, -0.2) is 47.7 Å². The highest BCUT2D eigenvalue weighted by Gasteiger charge is 2.26. The lowest BCUT2D eigenvalue weighted by molar-refractivity contribution is -0.135. The van der Waals surface area contributed by atoms with Crippen molar-refractivity contribution in [1.29, 1.82) is 0 Å². The van der Waals surface area contributed by atoms with Crippen LogP contribution in [0.4, 0.5) is 27.8 Å². The molecule has 0 fully saturated rings. The van der Waals surface area contributed by atoms with Crippen LogP contribution in [0.3, 0.4) is 0 Å². The number of aromatic nitrogens is 1. The van der Waals surface area contributed by atoms with E-state index in [1.165, 1.54) is 4.90 Å². The van der Waals surface area contributed by atoms with E-state index in [9.17, 15) is 14.4 Å². The molecule has 2 heterocycles. The number of para-hydroxylation sites is 1. The molecule has 1 aliphatic heterocycles. The van der Waals surface area contributed by atoms with Gasteiger partial charge in [0.1, 0.15) is 19.0 Å². The Labute approximate surface area is 189 Å². The molecule has 4 rings (SSSR count). The van der Waals surface area contributed by atoms with Gasteiger partial charge in [0.15, 0.2) is 11.6 Å². The number of carbonyl (C=O) groups is 3. The highest BCUT2D eigenvalue weighted by atomic mass is 16.5. The summed E-state index contributed by atoms with van der Waals surface area (Å²) < 4.78 is 5.64. The van der Waals surface area contributed by atoms with Gasteiger partial charge in [0.25, 0.3) is 5.91 Å². The van der Waals surface area contributed by atoms with Crippen molar-refractivity contribution in [1.82, 2.24) is 10.3 Å². The van der Waals surface area contributed by atoms with E-state index < -0.39 is 18.4 Å². The van der Waals surface area contributed by atoms with E-state index in [2.05, 4.69) is 20.9 Å². The van der Waals surface area contributed by atoms with Crippen LogP contribution in [0.15, 0.2) is 66.7 Å². The number of rotatable bonds is 6. The molecule has 3 amide bonds. The van der Waals surface area contributed by atoms with Gasteiger partial charge in [-0.3, -0.25) is 14.5 Å². The molecule has 10 heteroatoms. The Morgan fingerprint density at radius 2 is 1.73 bits per heavy atom. The minimum absolute atomic E-state index is 0.313. The Kier molecular flexibility index (Phi) is 6.35. The van der Waals surface area contributed by atoms with Crippen molar-refractivity contribution in [3.63, 3.8) is 0 Å². The lowest BCUT2D eigenvalue weighted by Gasteiger charge is -2.28. The maximum Gasteiger partial charge on any atom is 0.327 e. The first-order valence-electron chi connectivity index (χ1n) is 10.1. The molecule has 33 heavy (non-hydrogen) atoms. The summed E-state index contributed by atoms with van der Waals surface area (Å²) in [4.78, 5) is 41.4. The fourth-order valence-corrected chi connectivity index (χ4v) is 3.18. The first-order chi connectivity index (χ1) is 16.0. The normalized spacial score (nSPS) is 12.2. The van der Waals surface area contributed by atoms with Gasteiger partial charge in [-0.25, -0.2) is 9.78 Å². The Bertz CT molecular complexity index is 1170. The SMILES string of the molecule is O=C(O)CNC(=O)c1ccc(Nc2ccc3c(n2)N(C(=O)Nc2ccccc2)CCO3)cc1. The number of anilines is 4. The topological polar surface area (TPSA) is 133 Å². The maximum atomic E-state index is 12.8. The fraction of sp³-hybridized carbons (Fsp3) is 0.130. The molecule has 0 radical (unpaired) electrons. The van der Waals surface area contributed by atoms with Crippen LogP contribution in [0.1, 0.15) is 10.4 Å². The molecule has 0 aliphatic carbocycles. The summed E-state index contributed by atoms with van der Waals surface area (Å²) in [5, 5.41) is 16.9. The molecule has 0 saturated carbocycles. The van der Waals surface area contributed by atoms with E-state index in [1.54, 1.807) is 48.5 Å². The van der Waals surface area contributed by atoms with Crippen LogP contribution >= 0.6 is 0 Å². The summed E-state index contributed by atoms with van der Waals surface area (Å²) >= 11 is 0. The van der Waals surface area contributed by atoms with E-state index in [1.807, 2.05) is 18.2 Å². The zero-order chi connectivity index (χ0) is 23.2. The summed E-state index contributed by atoms with van der Waals surface area (Å²) in [5.41, 5.74) is 1.67. The summed E-state index contributed by atoms with van der Waals surface area (Å²) in [6.45, 7) is 0.256. The zero-order valence-corrected chi connectivity index (χ0v) is 17.4. The Morgan fingerprint density at radius 3 is 2.45 bits per heavy atom. The number of carboxylic acid groups (broad SMARTS) is 1. The molecule has 0 spiro atoms. The van der Waals surface area contributed by atoms with E-state index in [0.717, 1.165) is 0 Å². The number of carbonyl (C=O) groups excluding carboxylic acids is 2. The molecule has 0 saturated heterocycles. The Balaban J connectivity index is 1.47. The second-order valence-corrected chi connectivity index (χ2v) is 7.09. The van der Waals surface area contributed by atoms with Gasteiger partial charge in [-0.2, -0.15) is 0 Å². The van der Waals surface area contributed by atoms with Gasteiger partial charge in [-0.05, 0) is 48.5 Å². The van der Waals surface area contributed by atoms with Crippen LogP contribution in [0.25, 0.3) is 0 Å². The smallest absolute Gasteiger partial charge is 0.327 e. The van der Waals surface area contributed by atoms with E-state index in [4.69, 9.17) is 9.84 Å². The number of amides is 3. The molecule has 3 aromatic rings. The first kappa shape index (κ1) is 21.6. The number of hydrogen-bond donors (Lipinski definition) is 4. The molecular weight excluding hydrogens is 426 g/mol. The molecule has 1 aromatic heterocycles. The standard InChI is InChI=1S/C23H21N5O5/c29-20(30)14-24-22(31)15-6-8-17(9-7-15)25-19-11-10-18-21(27-19)28(12-13-33-18)23(32)26-16-4-2-1-3-5-16/h1-11H,12-14H2,(H,24,31)(H,25,27)(H,26,32)(H,29,30). The third kappa shape index (κ3) is 5.37. The highest BCUT2D eigenvalue weighted by molar-refractivity contribution is 6.02. The predicted molar refractivity (Wildman–Crippen MR) is 122 cm³/mol. The van der Waals surface area contributed by atoms with Crippen molar-refractivity contribution in [2.75, 3.05) is 35.2 Å². The summed E-state index contributed by atoms with van der Waals surface area (Å²) in [6.07, 6.45) is 0. The third-order valence-corrected chi connectivity index (χ3v) is 4.76. The highest BCUT2D eigenvalue weighted by Crippen LogP contribution is 2.32. The number of ether oxygens (including phenoxy) is 1. The molecule has 4 N–H and O–H groups in total. The second kappa shape index (κ2) is 9.69. The summed E-state index contributed by atoms with van der Waals surface area (Å²) in [5.74, 6) is -0.215. The number of nitrogens with zero attached hydrogens (tertiary/aromatic N) is 2. The van der Waals surface area contributed by atoms with E-state index in [0.29, 0.717) is 47.5 Å². The van der Waals surface area contributed by atoms with Crippen LogP contribution in [0, 0.1) is 0 Å². The van der Waals surface area contributed by atoms with Crippen molar-refractivity contribution in [2.24, 2.45) is 0 Å². The Morgan fingerprint density at radius 1 is 0.970 bits per heavy atom. The number of nitrogens with one attached hydrogen (secondary N) is 3. The van der Waals surface area contributed by atoms with Gasteiger partial charge in [-0.1, -0.05) is 18.2 Å². The van der Waals surface area contributed by atoms with Crippen LogP contribution in [0.2, 0.25) is 0 Å². The lowest BCUT2D eigenvalue weighted by Crippen LogP contribution is -2.41. The summed E-state index contributed by atoms with van der Waals surface area (Å²) in [6, 6.07) is 18.8. The monoisotopic (exact) mass is 447 g/mol. The average molecular weight is 447 g/mol. The lowest BCUT2D eigenvalue weighted by atomic mass is 10.2. The fourth-order valence-electron chi connectivity index (χ4n) is 3.18. The quantitative estimate of drug-likeness (QED) is 0.456. The predicted octanol–water partition coefficient (Wildman–Crippen LogP) is 3.07. The number of fused-ring (bicyclic) bond motifs is 1. The minimum atomic E-state index is -1.12. The molecule has 0 atom stereocenters. The molecule has 0 unspecified atom stereocenters. The van der Waals surface area contributed by atoms with Gasteiger partial charge >= 0.3 is 12.0 Å². The zero-order valence-electron chi connectivity index (χ0n) is 17.4. The van der Waals surface area contributed by atoms with Crippen molar-refractivity contribution >= 4 is 40.9 Å². The first-order valence-corrected chi connectivity index (χ1v) is 10.1. The number of pyridine rings is 1. The molecule has 0 bridgehead atoms. The average Bonchev–Trinajstić information content (AvgIpc) is 2.83. The number of urea groups is 1. The van der Waals surface area contributed by atoms with Crippen molar-refractivity contribution in [2.45, 2.75) is 0 Å². The van der Waals surface area contributed by atoms with Crippen molar-refractivity contribution < 1.29 is 24.2 Å². The molecule has 1 aliphatic rings. The van der Waals surface area contributed by atoms with Gasteiger partial charge < -0.3 is 25.8 Å². The van der Waals surface area contributed by atoms with Gasteiger partial charge in [0, 0.05) is 16.9 Å². The van der Waals surface area contributed by atoms with E-state index >= 15 is 0 Å². The van der Waals surface area contributed by atoms with Crippen LogP contribution in [-0.2, 0) is 4.79 Å². The van der Waals surface area contributed by atoms with Gasteiger partial charge in [-0.15, -0.1) is 0 Å². The maximum absolute atomic E-state index is 12.8. The van der Waals surface area contributed by atoms with E-state index in [-0.39, 0.29) is 6.03 Å². The molecule has 10 nitrogen and oxygen atoms in total. The minimum Gasteiger partial charge on any atom is -0.488 e. The Hall–Kier alpha value is -4.60.